The number of carbonyl (C=O) groups is 2. The van der Waals surface area contributed by atoms with Gasteiger partial charge in [0.2, 0.25) is 0 Å². The summed E-state index contributed by atoms with van der Waals surface area (Å²) in [7, 11) is 0. The summed E-state index contributed by atoms with van der Waals surface area (Å²) in [6.07, 6.45) is 1.61. The van der Waals surface area contributed by atoms with Gasteiger partial charge in [0, 0.05) is 23.0 Å². The fraction of sp³-hybridized carbons (Fsp3) is 0.158. The number of nitrogens with zero attached hydrogens (tertiary/aromatic N) is 1. The number of carbonyl (C=O) groups excluding carboxylic acids is 2. The normalized spacial score (nSPS) is 14.3. The highest BCUT2D eigenvalue weighted by molar-refractivity contribution is 6.03. The minimum Gasteiger partial charge on any atom is -0.350 e. The molecule has 24 heavy (non-hydrogen) atoms. The van der Waals surface area contributed by atoms with Gasteiger partial charge >= 0.3 is 0 Å². The van der Waals surface area contributed by atoms with E-state index in [1.807, 2.05) is 30.3 Å². The number of H-pyrrole nitrogens is 1. The number of aromatic nitrogens is 1. The second kappa shape index (κ2) is 5.85. The van der Waals surface area contributed by atoms with Crippen LogP contribution in [0.5, 0.6) is 0 Å². The summed E-state index contributed by atoms with van der Waals surface area (Å²) < 4.78 is 0. The van der Waals surface area contributed by atoms with E-state index < -0.39 is 0 Å². The lowest BCUT2D eigenvalue weighted by molar-refractivity contribution is 0.0584. The van der Waals surface area contributed by atoms with Crippen LogP contribution in [0.4, 0.5) is 0 Å². The molecule has 0 unspecified atom stereocenters. The molecule has 2 aromatic carbocycles. The summed E-state index contributed by atoms with van der Waals surface area (Å²) in [6, 6.07) is 16.8. The molecule has 0 aliphatic carbocycles. The maximum absolute atomic E-state index is 12.9. The molecule has 0 saturated heterocycles. The first-order chi connectivity index (χ1) is 11.7. The highest BCUT2D eigenvalue weighted by Crippen LogP contribution is 2.26. The van der Waals surface area contributed by atoms with E-state index in [0.717, 1.165) is 29.3 Å². The molecule has 5 nitrogen and oxygen atoms in total. The van der Waals surface area contributed by atoms with Crippen molar-refractivity contribution in [2.75, 3.05) is 6.54 Å². The van der Waals surface area contributed by atoms with Gasteiger partial charge in [0.1, 0.15) is 5.69 Å². The van der Waals surface area contributed by atoms with Gasteiger partial charge in [-0.3, -0.25) is 15.0 Å². The third-order valence-corrected chi connectivity index (χ3v) is 4.35. The number of fused-ring (bicyclic) bond motifs is 3. The van der Waals surface area contributed by atoms with E-state index in [2.05, 4.69) is 10.4 Å². The van der Waals surface area contributed by atoms with Crippen LogP contribution >= 0.6 is 0 Å². The maximum atomic E-state index is 12.9. The van der Waals surface area contributed by atoms with Crippen molar-refractivity contribution in [1.29, 1.82) is 0 Å². The Kier molecular flexibility index (Phi) is 3.54. The van der Waals surface area contributed by atoms with Gasteiger partial charge in [-0.25, -0.2) is 5.01 Å². The molecule has 1 aliphatic heterocycles. The molecule has 2 heterocycles. The van der Waals surface area contributed by atoms with Gasteiger partial charge < -0.3 is 4.98 Å². The Morgan fingerprint density at radius 2 is 1.79 bits per heavy atom. The van der Waals surface area contributed by atoms with Gasteiger partial charge in [0.25, 0.3) is 11.8 Å². The number of nitrogens with one attached hydrogen (secondary N) is 2. The summed E-state index contributed by atoms with van der Waals surface area (Å²) in [5, 5.41) is 2.49. The van der Waals surface area contributed by atoms with Crippen molar-refractivity contribution in [2.45, 2.75) is 12.8 Å². The Hall–Kier alpha value is -3.08. The van der Waals surface area contributed by atoms with Crippen molar-refractivity contribution in [3.05, 3.63) is 71.4 Å². The number of rotatable bonds is 2. The first-order valence-corrected chi connectivity index (χ1v) is 8.01. The third-order valence-electron chi connectivity index (χ3n) is 4.35. The van der Waals surface area contributed by atoms with Crippen molar-refractivity contribution in [3.8, 4) is 0 Å². The van der Waals surface area contributed by atoms with Crippen LogP contribution in [-0.4, -0.2) is 28.4 Å². The SMILES string of the molecule is O=C(NN1CCCc2c([nH]c3ccccc23)C1=O)c1ccccc1. The smallest absolute Gasteiger partial charge is 0.288 e. The van der Waals surface area contributed by atoms with Crippen molar-refractivity contribution >= 4 is 22.7 Å². The second-order valence-corrected chi connectivity index (χ2v) is 5.89. The summed E-state index contributed by atoms with van der Waals surface area (Å²) in [5.41, 5.74) is 5.83. The number of hydrogen-bond donors (Lipinski definition) is 2. The molecule has 120 valence electrons. The standard InChI is InChI=1S/C19H17N3O2/c23-18(13-7-2-1-3-8-13)21-22-12-6-10-15-14-9-4-5-11-16(14)20-17(15)19(22)24/h1-5,7-9,11,20H,6,10,12H2,(H,21,23). The molecule has 2 N–H and O–H groups in total. The van der Waals surface area contributed by atoms with E-state index in [1.54, 1.807) is 24.3 Å². The molecule has 0 fully saturated rings. The summed E-state index contributed by atoms with van der Waals surface area (Å²) in [4.78, 5) is 28.4. The van der Waals surface area contributed by atoms with E-state index in [9.17, 15) is 9.59 Å². The van der Waals surface area contributed by atoms with Crippen LogP contribution in [0.2, 0.25) is 0 Å². The lowest BCUT2D eigenvalue weighted by Gasteiger charge is -2.21. The van der Waals surface area contributed by atoms with Crippen LogP contribution < -0.4 is 5.43 Å². The first-order valence-electron chi connectivity index (χ1n) is 8.01. The van der Waals surface area contributed by atoms with Crippen molar-refractivity contribution in [1.82, 2.24) is 15.4 Å². The van der Waals surface area contributed by atoms with Crippen molar-refractivity contribution in [2.24, 2.45) is 0 Å². The number of aromatic amines is 1. The predicted molar refractivity (Wildman–Crippen MR) is 91.6 cm³/mol. The fourth-order valence-corrected chi connectivity index (χ4v) is 3.18. The van der Waals surface area contributed by atoms with E-state index in [4.69, 9.17) is 0 Å². The van der Waals surface area contributed by atoms with Gasteiger partial charge in [-0.05, 0) is 36.6 Å². The molecule has 5 heteroatoms. The van der Waals surface area contributed by atoms with E-state index in [0.29, 0.717) is 17.8 Å². The van der Waals surface area contributed by atoms with E-state index in [-0.39, 0.29) is 11.8 Å². The summed E-state index contributed by atoms with van der Waals surface area (Å²) in [5.74, 6) is -0.466. The number of hydrazine groups is 1. The molecule has 0 saturated carbocycles. The monoisotopic (exact) mass is 319 g/mol. The van der Waals surface area contributed by atoms with E-state index >= 15 is 0 Å². The molecule has 1 aromatic heterocycles. The molecule has 0 bridgehead atoms. The Morgan fingerprint density at radius 3 is 2.62 bits per heavy atom. The van der Waals surface area contributed by atoms with Crippen LogP contribution in [0.25, 0.3) is 10.9 Å². The average Bonchev–Trinajstić information content (AvgIpc) is 2.92. The first kappa shape index (κ1) is 14.5. The van der Waals surface area contributed by atoms with Crippen LogP contribution in [0.15, 0.2) is 54.6 Å². The fourth-order valence-electron chi connectivity index (χ4n) is 3.18. The van der Waals surface area contributed by atoms with Gasteiger partial charge in [-0.2, -0.15) is 0 Å². The molecule has 3 aromatic rings. The largest absolute Gasteiger partial charge is 0.350 e. The molecule has 4 rings (SSSR count). The number of hydrogen-bond acceptors (Lipinski definition) is 2. The van der Waals surface area contributed by atoms with Crippen LogP contribution in [0.3, 0.4) is 0 Å². The number of amides is 2. The maximum Gasteiger partial charge on any atom is 0.288 e. The van der Waals surface area contributed by atoms with E-state index in [1.165, 1.54) is 5.01 Å². The minimum atomic E-state index is -0.275. The molecular weight excluding hydrogens is 302 g/mol. The van der Waals surface area contributed by atoms with Gasteiger partial charge in [-0.1, -0.05) is 36.4 Å². The molecule has 2 amide bonds. The molecule has 0 radical (unpaired) electrons. The second-order valence-electron chi connectivity index (χ2n) is 5.89. The Bertz CT molecular complexity index is 915. The predicted octanol–water partition coefficient (Wildman–Crippen LogP) is 2.90. The Morgan fingerprint density at radius 1 is 1.04 bits per heavy atom. The highest BCUT2D eigenvalue weighted by atomic mass is 16.2. The number of para-hydroxylation sites is 1. The summed E-state index contributed by atoms with van der Waals surface area (Å²) in [6.45, 7) is 0.494. The Balaban J connectivity index is 1.64. The molecule has 1 aliphatic rings. The van der Waals surface area contributed by atoms with Crippen LogP contribution in [0, 0.1) is 0 Å². The van der Waals surface area contributed by atoms with Crippen molar-refractivity contribution < 1.29 is 9.59 Å². The molecular formula is C19H17N3O2. The molecule has 0 spiro atoms. The lowest BCUT2D eigenvalue weighted by Crippen LogP contribution is -2.46. The zero-order valence-corrected chi connectivity index (χ0v) is 13.1. The third kappa shape index (κ3) is 2.44. The topological polar surface area (TPSA) is 65.2 Å². The number of aryl methyl sites for hydroxylation is 1. The quantitative estimate of drug-likeness (QED) is 0.763. The zero-order valence-electron chi connectivity index (χ0n) is 13.1. The summed E-state index contributed by atoms with van der Waals surface area (Å²) >= 11 is 0. The van der Waals surface area contributed by atoms with Crippen LogP contribution in [0.1, 0.15) is 32.8 Å². The lowest BCUT2D eigenvalue weighted by atomic mass is 10.1. The zero-order chi connectivity index (χ0) is 16.5. The Labute approximate surface area is 139 Å². The highest BCUT2D eigenvalue weighted by Gasteiger charge is 2.27. The average molecular weight is 319 g/mol. The van der Waals surface area contributed by atoms with Crippen molar-refractivity contribution in [3.63, 3.8) is 0 Å². The minimum absolute atomic E-state index is 0.192. The van der Waals surface area contributed by atoms with Gasteiger partial charge in [-0.15, -0.1) is 0 Å². The van der Waals surface area contributed by atoms with Gasteiger partial charge in [0.15, 0.2) is 0 Å². The molecule has 0 atom stereocenters. The van der Waals surface area contributed by atoms with Gasteiger partial charge in [0.05, 0.1) is 0 Å². The van der Waals surface area contributed by atoms with Crippen LogP contribution in [-0.2, 0) is 6.42 Å². The number of benzene rings is 2.